The SMILES string of the molecule is O=CC1C(=S(=O)=O)C1(C(F)(F)F)C(F)(F)F. The van der Waals surface area contributed by atoms with Crippen LogP contribution in [0.1, 0.15) is 0 Å². The average molecular weight is 268 g/mol. The topological polar surface area (TPSA) is 51.2 Å². The summed E-state index contributed by atoms with van der Waals surface area (Å²) in [6, 6.07) is 0. The van der Waals surface area contributed by atoms with E-state index in [0.717, 1.165) is 0 Å². The molecule has 0 heterocycles. The zero-order valence-corrected chi connectivity index (χ0v) is 7.87. The molecule has 3 nitrogen and oxygen atoms in total. The summed E-state index contributed by atoms with van der Waals surface area (Å²) in [5.41, 5.74) is -4.53. The molecule has 0 radical (unpaired) electrons. The van der Waals surface area contributed by atoms with E-state index in [1.165, 1.54) is 0 Å². The molecule has 0 bridgehead atoms. The van der Waals surface area contributed by atoms with E-state index in [0.29, 0.717) is 0 Å². The third-order valence-electron chi connectivity index (χ3n) is 2.26. The first-order chi connectivity index (χ1) is 7.01. The second kappa shape index (κ2) is 3.22. The van der Waals surface area contributed by atoms with Crippen molar-refractivity contribution in [2.24, 2.45) is 11.3 Å². The molecule has 0 amide bonds. The van der Waals surface area contributed by atoms with Crippen LogP contribution in [0.4, 0.5) is 26.3 Å². The molecule has 1 rings (SSSR count). The highest BCUT2D eigenvalue weighted by Gasteiger charge is 2.89. The number of hydrogen-bond donors (Lipinski definition) is 0. The van der Waals surface area contributed by atoms with Gasteiger partial charge in [0.1, 0.15) is 6.29 Å². The lowest BCUT2D eigenvalue weighted by Crippen LogP contribution is -2.42. The highest BCUT2D eigenvalue weighted by molar-refractivity contribution is 7.74. The van der Waals surface area contributed by atoms with E-state index in [9.17, 15) is 39.6 Å². The van der Waals surface area contributed by atoms with E-state index in [-0.39, 0.29) is 0 Å². The first-order valence-corrected chi connectivity index (χ1v) is 4.64. The van der Waals surface area contributed by atoms with E-state index in [1.54, 1.807) is 0 Å². The van der Waals surface area contributed by atoms with Gasteiger partial charge in [0.25, 0.3) is 0 Å². The quantitative estimate of drug-likeness (QED) is 0.404. The Morgan fingerprint density at radius 3 is 1.50 bits per heavy atom. The van der Waals surface area contributed by atoms with Crippen molar-refractivity contribution in [2.45, 2.75) is 12.4 Å². The van der Waals surface area contributed by atoms with Gasteiger partial charge in [-0.2, -0.15) is 34.8 Å². The lowest BCUT2D eigenvalue weighted by atomic mass is 10.0. The fraction of sp³-hybridized carbons (Fsp3) is 0.667. The summed E-state index contributed by atoms with van der Waals surface area (Å²) in [6.07, 6.45) is -12.4. The maximum absolute atomic E-state index is 12.3. The van der Waals surface area contributed by atoms with Crippen molar-refractivity contribution in [1.29, 1.82) is 0 Å². The van der Waals surface area contributed by atoms with Crippen LogP contribution in [0.5, 0.6) is 0 Å². The fourth-order valence-electron chi connectivity index (χ4n) is 1.52. The van der Waals surface area contributed by atoms with Gasteiger partial charge in [-0.25, -0.2) is 0 Å². The van der Waals surface area contributed by atoms with E-state index in [4.69, 9.17) is 0 Å². The van der Waals surface area contributed by atoms with Crippen LogP contribution in [-0.2, 0) is 15.1 Å². The molecule has 0 aliphatic heterocycles. The van der Waals surface area contributed by atoms with Crippen molar-refractivity contribution < 1.29 is 39.6 Å². The molecule has 1 atom stereocenters. The Morgan fingerprint density at radius 1 is 1.06 bits per heavy atom. The van der Waals surface area contributed by atoms with E-state index in [1.807, 2.05) is 0 Å². The molecule has 1 unspecified atom stereocenters. The smallest absolute Gasteiger partial charge is 0.303 e. The maximum Gasteiger partial charge on any atom is 0.408 e. The van der Waals surface area contributed by atoms with Crippen LogP contribution in [0.25, 0.3) is 0 Å². The van der Waals surface area contributed by atoms with Crippen LogP contribution < -0.4 is 0 Å². The monoisotopic (exact) mass is 268 g/mol. The van der Waals surface area contributed by atoms with Crippen molar-refractivity contribution in [3.63, 3.8) is 0 Å². The Kier molecular flexibility index (Phi) is 2.61. The van der Waals surface area contributed by atoms with E-state index >= 15 is 0 Å². The summed E-state index contributed by atoms with van der Waals surface area (Å²) >= 11 is 0. The van der Waals surface area contributed by atoms with Gasteiger partial charge >= 0.3 is 12.4 Å². The second-order valence-corrected chi connectivity index (χ2v) is 3.93. The molecule has 0 N–H and O–H groups in total. The van der Waals surface area contributed by atoms with Crippen molar-refractivity contribution in [3.8, 4) is 0 Å². The van der Waals surface area contributed by atoms with E-state index in [2.05, 4.69) is 0 Å². The molecule has 0 spiro atoms. The largest absolute Gasteiger partial charge is 0.408 e. The van der Waals surface area contributed by atoms with Gasteiger partial charge in [-0.05, 0) is 0 Å². The van der Waals surface area contributed by atoms with Gasteiger partial charge in [0.05, 0.1) is 10.8 Å². The number of carbonyl (C=O) groups excluding carboxylic acids is 1. The predicted octanol–water partition coefficient (Wildman–Crippen LogP) is 0.978. The van der Waals surface area contributed by atoms with Crippen molar-refractivity contribution in [2.75, 3.05) is 0 Å². The summed E-state index contributed by atoms with van der Waals surface area (Å²) in [6.45, 7) is 0. The molecule has 1 saturated carbocycles. The second-order valence-electron chi connectivity index (χ2n) is 3.02. The first kappa shape index (κ1) is 13.0. The number of carbonyl (C=O) groups is 1. The third-order valence-corrected chi connectivity index (χ3v) is 3.20. The zero-order valence-electron chi connectivity index (χ0n) is 7.06. The van der Waals surface area contributed by atoms with Gasteiger partial charge < -0.3 is 4.79 Å². The predicted molar refractivity (Wildman–Crippen MR) is 38.0 cm³/mol. The highest BCUT2D eigenvalue weighted by atomic mass is 32.2. The van der Waals surface area contributed by atoms with Gasteiger partial charge in [0, 0.05) is 0 Å². The number of alkyl halides is 6. The Labute approximate surface area is 85.6 Å². The minimum atomic E-state index is -5.87. The minimum Gasteiger partial charge on any atom is -0.303 e. The molecule has 1 aliphatic rings. The molecular formula is C6H2F6O3S. The van der Waals surface area contributed by atoms with Gasteiger partial charge in [0.15, 0.2) is 0 Å². The lowest BCUT2D eigenvalue weighted by molar-refractivity contribution is -0.293. The number of aldehydes is 1. The van der Waals surface area contributed by atoms with Crippen LogP contribution in [0.15, 0.2) is 0 Å². The normalized spacial score (nSPS) is 24.1. The summed E-state index contributed by atoms with van der Waals surface area (Å²) in [7, 11) is -3.70. The molecular weight excluding hydrogens is 266 g/mol. The standard InChI is InChI=1S/C6H2F6O3S/c7-5(8,9)4(6(10,11)12)2(1-13)3(4)16(14)15/h1-2H. The molecule has 1 aliphatic carbocycles. The Bertz CT molecular complexity index is 434. The van der Waals surface area contributed by atoms with Crippen LogP contribution in [0.2, 0.25) is 0 Å². The van der Waals surface area contributed by atoms with Crippen molar-refractivity contribution >= 4 is 21.4 Å². The summed E-state index contributed by atoms with van der Waals surface area (Å²) in [5, 5.41) is 0. The average Bonchev–Trinajstić information content (AvgIpc) is 2.70. The van der Waals surface area contributed by atoms with Gasteiger partial charge in [0.2, 0.25) is 15.7 Å². The molecule has 10 heteroatoms. The number of hydrogen-bond acceptors (Lipinski definition) is 3. The van der Waals surface area contributed by atoms with Crippen LogP contribution >= 0.6 is 0 Å². The first-order valence-electron chi connectivity index (χ1n) is 3.57. The Hall–Kier alpha value is -1.06. The maximum atomic E-state index is 12.3. The molecule has 16 heavy (non-hydrogen) atoms. The summed E-state index contributed by atoms with van der Waals surface area (Å²) in [5.74, 6) is -2.70. The minimum absolute atomic E-state index is 0.661. The van der Waals surface area contributed by atoms with E-state index < -0.39 is 45.1 Å². The Morgan fingerprint density at radius 2 is 1.44 bits per heavy atom. The van der Waals surface area contributed by atoms with Gasteiger partial charge in [-0.3, -0.25) is 0 Å². The van der Waals surface area contributed by atoms with Crippen LogP contribution in [-0.4, -0.2) is 31.9 Å². The van der Waals surface area contributed by atoms with Crippen molar-refractivity contribution in [1.82, 2.24) is 0 Å². The molecule has 0 aromatic carbocycles. The molecule has 92 valence electrons. The highest BCUT2D eigenvalue weighted by Crippen LogP contribution is 2.66. The zero-order chi connectivity index (χ0) is 12.9. The fourth-order valence-corrected chi connectivity index (χ4v) is 2.52. The van der Waals surface area contributed by atoms with Gasteiger partial charge in [-0.1, -0.05) is 0 Å². The van der Waals surface area contributed by atoms with Crippen LogP contribution in [0, 0.1) is 11.3 Å². The lowest BCUT2D eigenvalue weighted by Gasteiger charge is -2.21. The summed E-state index contributed by atoms with van der Waals surface area (Å²) in [4.78, 5) is 8.22. The Balaban J connectivity index is 3.57. The molecule has 1 fully saturated rings. The number of rotatable bonds is 1. The molecule has 0 aromatic heterocycles. The number of halogens is 6. The molecule has 0 aromatic rings. The van der Waals surface area contributed by atoms with Crippen LogP contribution in [0.3, 0.4) is 0 Å². The van der Waals surface area contributed by atoms with Crippen molar-refractivity contribution in [3.05, 3.63) is 0 Å². The van der Waals surface area contributed by atoms with Gasteiger partial charge in [-0.15, -0.1) is 0 Å². The third kappa shape index (κ3) is 1.35. The summed E-state index contributed by atoms with van der Waals surface area (Å²) < 4.78 is 94.1. The molecule has 0 saturated heterocycles.